The lowest BCUT2D eigenvalue weighted by Crippen LogP contribution is -2.33. The first-order valence-electron chi connectivity index (χ1n) is 7.79. The number of benzene rings is 1. The summed E-state index contributed by atoms with van der Waals surface area (Å²) in [5, 5.41) is 3.35. The summed E-state index contributed by atoms with van der Waals surface area (Å²) >= 11 is 0. The fourth-order valence-electron chi connectivity index (χ4n) is 2.68. The van der Waals surface area contributed by atoms with Gasteiger partial charge < -0.3 is 5.32 Å². The van der Waals surface area contributed by atoms with Gasteiger partial charge in [0, 0.05) is 6.54 Å². The average Bonchev–Trinajstić information content (AvgIpc) is 2.48. The third-order valence-corrected chi connectivity index (χ3v) is 5.58. The largest absolute Gasteiger partial charge is 0.316 e. The Labute approximate surface area is 128 Å². The quantitative estimate of drug-likeness (QED) is 0.848. The molecule has 1 aromatic carbocycles. The molecule has 4 nitrogen and oxygen atoms in total. The van der Waals surface area contributed by atoms with Crippen LogP contribution in [0.4, 0.5) is 0 Å². The smallest absolute Gasteiger partial charge is 0.240 e. The maximum atomic E-state index is 12.2. The minimum absolute atomic E-state index is 0.355. The summed E-state index contributed by atoms with van der Waals surface area (Å²) in [6.07, 6.45) is 3.28. The maximum absolute atomic E-state index is 12.2. The summed E-state index contributed by atoms with van der Waals surface area (Å²) in [7, 11) is -3.37. The zero-order chi connectivity index (χ0) is 15.3. The first kappa shape index (κ1) is 16.5. The van der Waals surface area contributed by atoms with Crippen LogP contribution in [0, 0.1) is 5.92 Å². The second-order valence-electron chi connectivity index (χ2n) is 6.12. The molecule has 5 heteroatoms. The van der Waals surface area contributed by atoms with Crippen LogP contribution < -0.4 is 10.0 Å². The van der Waals surface area contributed by atoms with Gasteiger partial charge in [0.2, 0.25) is 10.0 Å². The van der Waals surface area contributed by atoms with Crippen molar-refractivity contribution in [3.63, 3.8) is 0 Å². The standard InChI is InChI=1S/C16H26N2O2S/c1-13(2)15-5-7-16(8-6-15)21(19,20)18-11-9-14-4-3-10-17-12-14/h5-8,13-14,17-18H,3-4,9-12H2,1-2H3. The molecule has 0 amide bonds. The lowest BCUT2D eigenvalue weighted by Gasteiger charge is -2.22. The molecule has 1 fully saturated rings. The lowest BCUT2D eigenvalue weighted by molar-refractivity contribution is 0.358. The highest BCUT2D eigenvalue weighted by molar-refractivity contribution is 7.89. The summed E-state index contributed by atoms with van der Waals surface area (Å²) in [5.41, 5.74) is 1.15. The molecular formula is C16H26N2O2S. The van der Waals surface area contributed by atoms with Crippen molar-refractivity contribution >= 4 is 10.0 Å². The van der Waals surface area contributed by atoms with Crippen LogP contribution >= 0.6 is 0 Å². The van der Waals surface area contributed by atoms with Gasteiger partial charge in [-0.05, 0) is 61.9 Å². The molecule has 1 unspecified atom stereocenters. The SMILES string of the molecule is CC(C)c1ccc(S(=O)(=O)NCCC2CCCNC2)cc1. The van der Waals surface area contributed by atoms with Crippen LogP contribution in [0.1, 0.15) is 44.6 Å². The Morgan fingerprint density at radius 2 is 2.00 bits per heavy atom. The van der Waals surface area contributed by atoms with Crippen molar-refractivity contribution in [1.29, 1.82) is 0 Å². The summed E-state index contributed by atoms with van der Waals surface area (Å²) in [6.45, 7) is 6.80. The Morgan fingerprint density at radius 1 is 1.29 bits per heavy atom. The highest BCUT2D eigenvalue weighted by atomic mass is 32.2. The van der Waals surface area contributed by atoms with Gasteiger partial charge in [-0.2, -0.15) is 0 Å². The zero-order valence-electron chi connectivity index (χ0n) is 12.9. The van der Waals surface area contributed by atoms with Crippen LogP contribution in [0.25, 0.3) is 0 Å². The summed E-state index contributed by atoms with van der Waals surface area (Å²) in [5.74, 6) is 0.998. The minimum atomic E-state index is -3.37. The van der Waals surface area contributed by atoms with Crippen molar-refractivity contribution in [3.05, 3.63) is 29.8 Å². The fraction of sp³-hybridized carbons (Fsp3) is 0.625. The highest BCUT2D eigenvalue weighted by Gasteiger charge is 2.16. The van der Waals surface area contributed by atoms with Crippen molar-refractivity contribution in [2.75, 3.05) is 19.6 Å². The maximum Gasteiger partial charge on any atom is 0.240 e. The summed E-state index contributed by atoms with van der Waals surface area (Å²) in [4.78, 5) is 0.355. The van der Waals surface area contributed by atoms with E-state index in [-0.39, 0.29) is 0 Å². The van der Waals surface area contributed by atoms with E-state index in [1.807, 2.05) is 12.1 Å². The van der Waals surface area contributed by atoms with Gasteiger partial charge >= 0.3 is 0 Å². The molecule has 21 heavy (non-hydrogen) atoms. The van der Waals surface area contributed by atoms with Crippen molar-refractivity contribution in [3.8, 4) is 0 Å². The van der Waals surface area contributed by atoms with Crippen LogP contribution in [0.3, 0.4) is 0 Å². The van der Waals surface area contributed by atoms with Crippen molar-refractivity contribution < 1.29 is 8.42 Å². The highest BCUT2D eigenvalue weighted by Crippen LogP contribution is 2.18. The zero-order valence-corrected chi connectivity index (χ0v) is 13.7. The topological polar surface area (TPSA) is 58.2 Å². The van der Waals surface area contributed by atoms with E-state index >= 15 is 0 Å². The third-order valence-electron chi connectivity index (χ3n) is 4.10. The number of nitrogens with one attached hydrogen (secondary N) is 2. The molecule has 1 aromatic rings. The summed E-state index contributed by atoms with van der Waals surface area (Å²) in [6, 6.07) is 7.17. The van der Waals surface area contributed by atoms with Crippen molar-refractivity contribution in [2.45, 2.75) is 43.9 Å². The van der Waals surface area contributed by atoms with Crippen LogP contribution in [0.2, 0.25) is 0 Å². The number of piperidine rings is 1. The van der Waals surface area contributed by atoms with Gasteiger partial charge in [0.15, 0.2) is 0 Å². The normalized spacial score (nSPS) is 19.9. The molecule has 1 aliphatic rings. The Hall–Kier alpha value is -0.910. The van der Waals surface area contributed by atoms with Gasteiger partial charge in [-0.3, -0.25) is 0 Å². The van der Waals surface area contributed by atoms with E-state index in [1.165, 1.54) is 12.8 Å². The molecule has 0 bridgehead atoms. The number of sulfonamides is 1. The monoisotopic (exact) mass is 310 g/mol. The Morgan fingerprint density at radius 3 is 2.57 bits per heavy atom. The number of rotatable bonds is 6. The molecule has 1 atom stereocenters. The van der Waals surface area contributed by atoms with E-state index in [0.29, 0.717) is 23.3 Å². The predicted molar refractivity (Wildman–Crippen MR) is 85.9 cm³/mol. The molecule has 1 aliphatic heterocycles. The number of hydrogen-bond donors (Lipinski definition) is 2. The van der Waals surface area contributed by atoms with Gasteiger partial charge in [0.25, 0.3) is 0 Å². The van der Waals surface area contributed by atoms with Gasteiger partial charge in [-0.25, -0.2) is 13.1 Å². The molecule has 1 heterocycles. The van der Waals surface area contributed by atoms with Crippen molar-refractivity contribution in [2.24, 2.45) is 5.92 Å². The lowest BCUT2D eigenvalue weighted by atomic mass is 9.96. The molecular weight excluding hydrogens is 284 g/mol. The second kappa shape index (κ2) is 7.38. The van der Waals surface area contributed by atoms with Crippen LogP contribution in [0.15, 0.2) is 29.2 Å². The van der Waals surface area contributed by atoms with E-state index in [4.69, 9.17) is 0 Å². The second-order valence-corrected chi connectivity index (χ2v) is 7.89. The molecule has 118 valence electrons. The first-order chi connectivity index (χ1) is 9.99. The van der Waals surface area contributed by atoms with E-state index in [9.17, 15) is 8.42 Å². The van der Waals surface area contributed by atoms with E-state index in [2.05, 4.69) is 23.9 Å². The molecule has 0 aromatic heterocycles. The van der Waals surface area contributed by atoms with Gasteiger partial charge in [-0.15, -0.1) is 0 Å². The van der Waals surface area contributed by atoms with Gasteiger partial charge in [-0.1, -0.05) is 26.0 Å². The van der Waals surface area contributed by atoms with Crippen molar-refractivity contribution in [1.82, 2.24) is 10.0 Å². The van der Waals surface area contributed by atoms with E-state index in [1.54, 1.807) is 12.1 Å². The molecule has 2 rings (SSSR count). The molecule has 0 spiro atoms. The van der Waals surface area contributed by atoms with Crippen LogP contribution in [-0.4, -0.2) is 28.1 Å². The molecule has 0 saturated carbocycles. The minimum Gasteiger partial charge on any atom is -0.316 e. The van der Waals surface area contributed by atoms with Gasteiger partial charge in [0.1, 0.15) is 0 Å². The van der Waals surface area contributed by atoms with Crippen LogP contribution in [0.5, 0.6) is 0 Å². The Kier molecular flexibility index (Phi) is 5.79. The Bertz CT molecular complexity index is 532. The fourth-order valence-corrected chi connectivity index (χ4v) is 3.73. The average molecular weight is 310 g/mol. The molecule has 0 aliphatic carbocycles. The van der Waals surface area contributed by atoms with E-state index in [0.717, 1.165) is 25.1 Å². The molecule has 0 radical (unpaired) electrons. The van der Waals surface area contributed by atoms with Crippen LogP contribution in [-0.2, 0) is 10.0 Å². The first-order valence-corrected chi connectivity index (χ1v) is 9.27. The summed E-state index contributed by atoms with van der Waals surface area (Å²) < 4.78 is 27.2. The molecule has 2 N–H and O–H groups in total. The third kappa shape index (κ3) is 4.80. The van der Waals surface area contributed by atoms with Gasteiger partial charge in [0.05, 0.1) is 4.90 Å². The number of hydrogen-bond acceptors (Lipinski definition) is 3. The molecule has 1 saturated heterocycles. The van der Waals surface area contributed by atoms with E-state index < -0.39 is 10.0 Å². The Balaban J connectivity index is 1.88. The predicted octanol–water partition coefficient (Wildman–Crippen LogP) is 2.48.